The van der Waals surface area contributed by atoms with Gasteiger partial charge in [-0.05, 0) is 48.0 Å². The van der Waals surface area contributed by atoms with E-state index in [2.05, 4.69) is 12.1 Å². The third kappa shape index (κ3) is 5.04. The maximum absolute atomic E-state index is 13.0. The lowest BCUT2D eigenvalue weighted by Gasteiger charge is -2.27. The fourth-order valence-electron chi connectivity index (χ4n) is 2.73. The van der Waals surface area contributed by atoms with Crippen molar-refractivity contribution in [3.05, 3.63) is 59.4 Å². The van der Waals surface area contributed by atoms with Crippen molar-refractivity contribution in [1.82, 2.24) is 5.01 Å². The van der Waals surface area contributed by atoms with Crippen molar-refractivity contribution in [2.24, 2.45) is 5.10 Å². The summed E-state index contributed by atoms with van der Waals surface area (Å²) in [5, 5.41) is 6.55. The highest BCUT2D eigenvalue weighted by molar-refractivity contribution is 5.91. The molecule has 1 aliphatic rings. The van der Waals surface area contributed by atoms with Crippen LogP contribution in [0.25, 0.3) is 0 Å². The number of piperazine rings is 1. The predicted octanol–water partition coefficient (Wildman–Crippen LogP) is 1.22. The molecule has 0 unspecified atom stereocenters. The third-order valence-corrected chi connectivity index (χ3v) is 4.43. The van der Waals surface area contributed by atoms with E-state index in [1.54, 1.807) is 24.4 Å². The van der Waals surface area contributed by atoms with Crippen molar-refractivity contribution in [1.29, 1.82) is 0 Å². The Hall–Kier alpha value is -2.93. The molecule has 27 heavy (non-hydrogen) atoms. The normalized spacial score (nSPS) is 15.1. The number of hydrazone groups is 1. The SMILES string of the molecule is COc1cc(/C=N\N2CC[NH+](C)CC2)ccc1OC(=O)c1ccc(F)cc1. The number of ether oxygens (including phenoxy) is 2. The van der Waals surface area contributed by atoms with E-state index in [0.29, 0.717) is 11.5 Å². The number of hydrogen-bond acceptors (Lipinski definition) is 5. The molecule has 1 aliphatic heterocycles. The highest BCUT2D eigenvalue weighted by Crippen LogP contribution is 2.28. The van der Waals surface area contributed by atoms with Gasteiger partial charge >= 0.3 is 5.97 Å². The Morgan fingerprint density at radius 1 is 1.15 bits per heavy atom. The zero-order valence-corrected chi connectivity index (χ0v) is 15.4. The average molecular weight is 372 g/mol. The van der Waals surface area contributed by atoms with Crippen LogP contribution in [0, 0.1) is 5.82 Å². The molecule has 2 aromatic carbocycles. The molecule has 1 N–H and O–H groups in total. The van der Waals surface area contributed by atoms with Crippen molar-refractivity contribution in [3.63, 3.8) is 0 Å². The lowest BCUT2D eigenvalue weighted by atomic mass is 10.2. The molecule has 0 bridgehead atoms. The minimum atomic E-state index is -0.574. The van der Waals surface area contributed by atoms with Crippen LogP contribution in [0.3, 0.4) is 0 Å². The Labute approximate surface area is 157 Å². The van der Waals surface area contributed by atoms with Gasteiger partial charge in [-0.15, -0.1) is 0 Å². The number of esters is 1. The van der Waals surface area contributed by atoms with E-state index in [4.69, 9.17) is 9.47 Å². The lowest BCUT2D eigenvalue weighted by Crippen LogP contribution is -3.11. The Morgan fingerprint density at radius 3 is 2.52 bits per heavy atom. The van der Waals surface area contributed by atoms with Gasteiger partial charge in [0.2, 0.25) is 0 Å². The standard InChI is InChI=1S/C20H22FN3O3/c1-23-9-11-24(12-10-23)22-14-15-3-8-18(19(13-15)26-2)27-20(25)16-4-6-17(21)7-5-16/h3-8,13-14H,9-12H2,1-2H3/p+1/b22-14-. The van der Waals surface area contributed by atoms with Crippen molar-refractivity contribution in [2.75, 3.05) is 40.3 Å². The fourth-order valence-corrected chi connectivity index (χ4v) is 2.73. The Kier molecular flexibility index (Phi) is 6.03. The largest absolute Gasteiger partial charge is 0.493 e. The first-order chi connectivity index (χ1) is 13.0. The van der Waals surface area contributed by atoms with Gasteiger partial charge in [-0.1, -0.05) is 0 Å². The summed E-state index contributed by atoms with van der Waals surface area (Å²) in [6, 6.07) is 10.4. The number of rotatable bonds is 5. The van der Waals surface area contributed by atoms with Gasteiger partial charge in [0, 0.05) is 0 Å². The van der Waals surface area contributed by atoms with Crippen LogP contribution in [0.2, 0.25) is 0 Å². The number of nitrogens with one attached hydrogen (secondary N) is 1. The summed E-state index contributed by atoms with van der Waals surface area (Å²) in [5.74, 6) is -0.256. The molecule has 0 aliphatic carbocycles. The van der Waals surface area contributed by atoms with E-state index < -0.39 is 11.8 Å². The average Bonchev–Trinajstić information content (AvgIpc) is 2.68. The zero-order valence-electron chi connectivity index (χ0n) is 15.4. The molecule has 7 heteroatoms. The molecule has 1 saturated heterocycles. The number of benzene rings is 2. The Morgan fingerprint density at radius 2 is 1.85 bits per heavy atom. The van der Waals surface area contributed by atoms with Crippen LogP contribution < -0.4 is 14.4 Å². The van der Waals surface area contributed by atoms with Gasteiger partial charge in [-0.25, -0.2) is 9.18 Å². The molecule has 1 fully saturated rings. The first kappa shape index (κ1) is 18.8. The maximum atomic E-state index is 13.0. The van der Waals surface area contributed by atoms with Gasteiger partial charge in [-0.3, -0.25) is 5.01 Å². The number of hydrogen-bond donors (Lipinski definition) is 1. The molecule has 0 saturated carbocycles. The molecule has 2 aromatic rings. The number of nitrogens with zero attached hydrogens (tertiary/aromatic N) is 2. The van der Waals surface area contributed by atoms with E-state index >= 15 is 0 Å². The van der Waals surface area contributed by atoms with Crippen LogP contribution in [0.1, 0.15) is 15.9 Å². The summed E-state index contributed by atoms with van der Waals surface area (Å²) < 4.78 is 23.7. The topological polar surface area (TPSA) is 55.6 Å². The molecule has 3 rings (SSSR count). The highest BCUT2D eigenvalue weighted by atomic mass is 19.1. The molecule has 142 valence electrons. The summed E-state index contributed by atoms with van der Waals surface area (Å²) >= 11 is 0. The summed E-state index contributed by atoms with van der Waals surface area (Å²) in [7, 11) is 3.69. The van der Waals surface area contributed by atoms with Crippen molar-refractivity contribution < 1.29 is 23.6 Å². The fraction of sp³-hybridized carbons (Fsp3) is 0.300. The molecule has 0 aromatic heterocycles. The van der Waals surface area contributed by atoms with E-state index in [0.717, 1.165) is 31.7 Å². The van der Waals surface area contributed by atoms with Crippen molar-refractivity contribution in [3.8, 4) is 11.5 Å². The smallest absolute Gasteiger partial charge is 0.343 e. The maximum Gasteiger partial charge on any atom is 0.343 e. The molecule has 0 amide bonds. The van der Waals surface area contributed by atoms with Crippen molar-refractivity contribution in [2.45, 2.75) is 0 Å². The van der Waals surface area contributed by atoms with Crippen LogP contribution in [0.15, 0.2) is 47.6 Å². The first-order valence-corrected chi connectivity index (χ1v) is 8.81. The Balaban J connectivity index is 1.68. The minimum absolute atomic E-state index is 0.265. The second-order valence-electron chi connectivity index (χ2n) is 6.46. The van der Waals surface area contributed by atoms with Gasteiger partial charge in [0.25, 0.3) is 0 Å². The molecule has 1 heterocycles. The number of likely N-dealkylation sites (N-methyl/N-ethyl adjacent to an activating group) is 1. The number of carbonyl (C=O) groups excluding carboxylic acids is 1. The number of halogens is 1. The summed E-state index contributed by atoms with van der Waals surface area (Å²) in [6.07, 6.45) is 1.77. The second kappa shape index (κ2) is 8.64. The van der Waals surface area contributed by atoms with Gasteiger partial charge in [0.15, 0.2) is 11.5 Å². The second-order valence-corrected chi connectivity index (χ2v) is 6.46. The molecule has 0 spiro atoms. The predicted molar refractivity (Wildman–Crippen MR) is 100 cm³/mol. The monoisotopic (exact) mass is 372 g/mol. The van der Waals surface area contributed by atoms with Crippen LogP contribution in [-0.2, 0) is 0 Å². The zero-order chi connectivity index (χ0) is 19.2. The number of carbonyl (C=O) groups is 1. The van der Waals surface area contributed by atoms with Gasteiger partial charge in [0.1, 0.15) is 5.82 Å². The molecular formula is C20H23FN3O3+. The lowest BCUT2D eigenvalue weighted by molar-refractivity contribution is -0.884. The minimum Gasteiger partial charge on any atom is -0.493 e. The molecule has 0 radical (unpaired) electrons. The van der Waals surface area contributed by atoms with Crippen LogP contribution in [0.5, 0.6) is 11.5 Å². The summed E-state index contributed by atoms with van der Waals surface area (Å²) in [5.41, 5.74) is 1.11. The number of methoxy groups -OCH3 is 1. The summed E-state index contributed by atoms with van der Waals surface area (Å²) in [4.78, 5) is 13.7. The quantitative estimate of drug-likeness (QED) is 0.487. The first-order valence-electron chi connectivity index (χ1n) is 8.81. The van der Waals surface area contributed by atoms with E-state index in [9.17, 15) is 9.18 Å². The van der Waals surface area contributed by atoms with Gasteiger partial charge < -0.3 is 14.4 Å². The van der Waals surface area contributed by atoms with E-state index in [-0.39, 0.29) is 5.56 Å². The van der Waals surface area contributed by atoms with Crippen molar-refractivity contribution >= 4 is 12.2 Å². The molecule has 0 atom stereocenters. The highest BCUT2D eigenvalue weighted by Gasteiger charge is 2.15. The molecule has 6 nitrogen and oxygen atoms in total. The van der Waals surface area contributed by atoms with E-state index in [1.807, 2.05) is 5.01 Å². The molecular weight excluding hydrogens is 349 g/mol. The van der Waals surface area contributed by atoms with Gasteiger partial charge in [-0.2, -0.15) is 5.10 Å². The van der Waals surface area contributed by atoms with Crippen LogP contribution >= 0.6 is 0 Å². The van der Waals surface area contributed by atoms with Gasteiger partial charge in [0.05, 0.1) is 52.1 Å². The summed E-state index contributed by atoms with van der Waals surface area (Å²) in [6.45, 7) is 3.98. The van der Waals surface area contributed by atoms with Crippen LogP contribution in [-0.4, -0.2) is 57.5 Å². The van der Waals surface area contributed by atoms with E-state index in [1.165, 1.54) is 36.3 Å². The Bertz CT molecular complexity index is 816. The van der Waals surface area contributed by atoms with Crippen LogP contribution in [0.4, 0.5) is 4.39 Å². The number of quaternary nitrogens is 1. The third-order valence-electron chi connectivity index (χ3n) is 4.43.